The molecule has 1 aromatic rings. The quantitative estimate of drug-likeness (QED) is 0.931. The molecule has 5 heteroatoms. The zero-order valence-corrected chi connectivity index (χ0v) is 11.6. The SMILES string of the molecule is NCC(c1ccc(Br)s1)N1CCCOCC1. The monoisotopic (exact) mass is 304 g/mol. The van der Waals surface area contributed by atoms with E-state index in [4.69, 9.17) is 10.5 Å². The number of hydrogen-bond acceptors (Lipinski definition) is 4. The fourth-order valence-electron chi connectivity index (χ4n) is 2.03. The maximum atomic E-state index is 5.90. The molecule has 90 valence electrons. The zero-order valence-electron chi connectivity index (χ0n) is 9.19. The second-order valence-corrected chi connectivity index (χ2v) is 6.39. The van der Waals surface area contributed by atoms with Crippen molar-refractivity contribution in [1.82, 2.24) is 4.90 Å². The molecule has 2 heterocycles. The Morgan fingerprint density at radius 2 is 2.31 bits per heavy atom. The lowest BCUT2D eigenvalue weighted by atomic mass is 10.2. The summed E-state index contributed by atoms with van der Waals surface area (Å²) >= 11 is 5.28. The van der Waals surface area contributed by atoms with E-state index in [-0.39, 0.29) is 0 Å². The summed E-state index contributed by atoms with van der Waals surface area (Å²) in [4.78, 5) is 3.78. The Labute approximate surface area is 109 Å². The van der Waals surface area contributed by atoms with Gasteiger partial charge < -0.3 is 10.5 Å². The lowest BCUT2D eigenvalue weighted by Crippen LogP contribution is -2.35. The highest BCUT2D eigenvalue weighted by molar-refractivity contribution is 9.11. The van der Waals surface area contributed by atoms with Crippen molar-refractivity contribution in [2.45, 2.75) is 12.5 Å². The second-order valence-electron chi connectivity index (χ2n) is 3.90. The average Bonchev–Trinajstić information content (AvgIpc) is 2.55. The molecule has 1 aromatic heterocycles. The zero-order chi connectivity index (χ0) is 11.4. The molecule has 0 saturated carbocycles. The van der Waals surface area contributed by atoms with Crippen LogP contribution in [0.25, 0.3) is 0 Å². The standard InChI is InChI=1S/C11H17BrN2OS/c12-11-3-2-10(16-11)9(8-13)14-4-1-6-15-7-5-14/h2-3,9H,1,4-8,13H2. The summed E-state index contributed by atoms with van der Waals surface area (Å²) in [5, 5.41) is 0. The van der Waals surface area contributed by atoms with Gasteiger partial charge >= 0.3 is 0 Å². The number of halogens is 1. The van der Waals surface area contributed by atoms with Gasteiger partial charge in [0, 0.05) is 31.1 Å². The van der Waals surface area contributed by atoms with Crippen LogP contribution in [0.4, 0.5) is 0 Å². The summed E-state index contributed by atoms with van der Waals surface area (Å²) in [6, 6.07) is 4.60. The average molecular weight is 305 g/mol. The summed E-state index contributed by atoms with van der Waals surface area (Å²) in [5.74, 6) is 0. The Balaban J connectivity index is 2.08. The van der Waals surface area contributed by atoms with Gasteiger partial charge in [0.25, 0.3) is 0 Å². The Bertz CT molecular complexity index is 324. The van der Waals surface area contributed by atoms with Crippen molar-refractivity contribution in [2.24, 2.45) is 5.73 Å². The Morgan fingerprint density at radius 3 is 3.00 bits per heavy atom. The first-order valence-electron chi connectivity index (χ1n) is 5.58. The molecule has 1 fully saturated rings. The minimum Gasteiger partial charge on any atom is -0.380 e. The van der Waals surface area contributed by atoms with E-state index < -0.39 is 0 Å². The Kier molecular flexibility index (Phi) is 4.79. The highest BCUT2D eigenvalue weighted by Crippen LogP contribution is 2.30. The molecule has 1 aliphatic rings. The third kappa shape index (κ3) is 3.05. The van der Waals surface area contributed by atoms with Crippen LogP contribution in [0, 0.1) is 0 Å². The van der Waals surface area contributed by atoms with E-state index in [9.17, 15) is 0 Å². The molecular formula is C11H17BrN2OS. The van der Waals surface area contributed by atoms with Crippen molar-refractivity contribution in [3.63, 3.8) is 0 Å². The lowest BCUT2D eigenvalue weighted by molar-refractivity contribution is 0.133. The molecule has 0 aliphatic carbocycles. The number of nitrogens with zero attached hydrogens (tertiary/aromatic N) is 1. The molecule has 0 spiro atoms. The van der Waals surface area contributed by atoms with E-state index in [1.54, 1.807) is 11.3 Å². The summed E-state index contributed by atoms with van der Waals surface area (Å²) in [6.45, 7) is 4.44. The van der Waals surface area contributed by atoms with E-state index in [1.165, 1.54) is 8.66 Å². The van der Waals surface area contributed by atoms with Crippen molar-refractivity contribution >= 4 is 27.3 Å². The number of ether oxygens (including phenoxy) is 1. The molecule has 0 radical (unpaired) electrons. The highest BCUT2D eigenvalue weighted by Gasteiger charge is 2.21. The maximum Gasteiger partial charge on any atom is 0.0702 e. The van der Waals surface area contributed by atoms with Gasteiger partial charge in [0.05, 0.1) is 16.4 Å². The van der Waals surface area contributed by atoms with Crippen LogP contribution in [0.3, 0.4) is 0 Å². The lowest BCUT2D eigenvalue weighted by Gasteiger charge is -2.28. The predicted octanol–water partition coefficient (Wildman–Crippen LogP) is 2.23. The van der Waals surface area contributed by atoms with Gasteiger partial charge in [0.1, 0.15) is 0 Å². The van der Waals surface area contributed by atoms with E-state index in [0.717, 1.165) is 32.7 Å². The molecule has 1 unspecified atom stereocenters. The number of nitrogens with two attached hydrogens (primary N) is 1. The van der Waals surface area contributed by atoms with Crippen molar-refractivity contribution in [3.05, 3.63) is 20.8 Å². The number of thiophene rings is 1. The summed E-state index contributed by atoms with van der Waals surface area (Å²) in [5.41, 5.74) is 5.90. The van der Waals surface area contributed by atoms with Gasteiger partial charge in [-0.25, -0.2) is 0 Å². The third-order valence-corrected chi connectivity index (χ3v) is 4.57. The van der Waals surface area contributed by atoms with Crippen LogP contribution in [-0.2, 0) is 4.74 Å². The van der Waals surface area contributed by atoms with E-state index in [0.29, 0.717) is 12.6 Å². The molecule has 16 heavy (non-hydrogen) atoms. The third-order valence-electron chi connectivity index (χ3n) is 2.84. The van der Waals surface area contributed by atoms with Crippen LogP contribution in [0.15, 0.2) is 15.9 Å². The van der Waals surface area contributed by atoms with Gasteiger partial charge in [-0.2, -0.15) is 0 Å². The molecule has 0 amide bonds. The van der Waals surface area contributed by atoms with Crippen molar-refractivity contribution in [3.8, 4) is 0 Å². The summed E-state index contributed by atoms with van der Waals surface area (Å²) in [6.07, 6.45) is 1.10. The van der Waals surface area contributed by atoms with Gasteiger partial charge in [0.2, 0.25) is 0 Å². The van der Waals surface area contributed by atoms with E-state index in [2.05, 4.69) is 33.0 Å². The van der Waals surface area contributed by atoms with E-state index >= 15 is 0 Å². The van der Waals surface area contributed by atoms with Gasteiger partial charge in [-0.3, -0.25) is 4.90 Å². The molecule has 0 aromatic carbocycles. The Morgan fingerprint density at radius 1 is 1.44 bits per heavy atom. The minimum absolute atomic E-state index is 0.345. The Hall–Kier alpha value is 0.0600. The normalized spacial score (nSPS) is 20.6. The van der Waals surface area contributed by atoms with Crippen LogP contribution >= 0.6 is 27.3 Å². The van der Waals surface area contributed by atoms with Crippen molar-refractivity contribution in [2.75, 3.05) is 32.8 Å². The number of hydrogen-bond donors (Lipinski definition) is 1. The predicted molar refractivity (Wildman–Crippen MR) is 70.8 cm³/mol. The smallest absolute Gasteiger partial charge is 0.0702 e. The van der Waals surface area contributed by atoms with Crippen LogP contribution in [0.5, 0.6) is 0 Å². The van der Waals surface area contributed by atoms with Gasteiger partial charge in [-0.1, -0.05) is 0 Å². The van der Waals surface area contributed by atoms with Gasteiger partial charge in [-0.05, 0) is 34.5 Å². The first-order valence-corrected chi connectivity index (χ1v) is 7.19. The first-order chi connectivity index (χ1) is 7.81. The molecular weight excluding hydrogens is 288 g/mol. The topological polar surface area (TPSA) is 38.5 Å². The van der Waals surface area contributed by atoms with Gasteiger partial charge in [-0.15, -0.1) is 11.3 Å². The fraction of sp³-hybridized carbons (Fsp3) is 0.636. The molecule has 3 nitrogen and oxygen atoms in total. The molecule has 1 saturated heterocycles. The first kappa shape index (κ1) is 12.5. The molecule has 2 N–H and O–H groups in total. The summed E-state index contributed by atoms with van der Waals surface area (Å²) < 4.78 is 6.65. The van der Waals surface area contributed by atoms with E-state index in [1.807, 2.05) is 0 Å². The number of rotatable bonds is 3. The van der Waals surface area contributed by atoms with Crippen LogP contribution in [0.2, 0.25) is 0 Å². The fourth-order valence-corrected chi connectivity index (χ4v) is 3.60. The van der Waals surface area contributed by atoms with Crippen molar-refractivity contribution in [1.29, 1.82) is 0 Å². The molecule has 1 atom stereocenters. The molecule has 2 rings (SSSR count). The summed E-state index contributed by atoms with van der Waals surface area (Å²) in [7, 11) is 0. The van der Waals surface area contributed by atoms with Crippen molar-refractivity contribution < 1.29 is 4.74 Å². The highest BCUT2D eigenvalue weighted by atomic mass is 79.9. The van der Waals surface area contributed by atoms with Gasteiger partial charge in [0.15, 0.2) is 0 Å². The largest absolute Gasteiger partial charge is 0.380 e. The van der Waals surface area contributed by atoms with Crippen LogP contribution < -0.4 is 5.73 Å². The minimum atomic E-state index is 0.345. The second kappa shape index (κ2) is 6.12. The molecule has 1 aliphatic heterocycles. The molecule has 0 bridgehead atoms. The van der Waals surface area contributed by atoms with Crippen LogP contribution in [-0.4, -0.2) is 37.7 Å². The maximum absolute atomic E-state index is 5.90. The van der Waals surface area contributed by atoms with Crippen LogP contribution in [0.1, 0.15) is 17.3 Å².